The lowest BCUT2D eigenvalue weighted by atomic mass is 10.2. The third-order valence-electron chi connectivity index (χ3n) is 2.54. The molecule has 0 aliphatic carbocycles. The molecule has 1 heterocycles. The molecule has 0 saturated carbocycles. The van der Waals surface area contributed by atoms with E-state index in [0.29, 0.717) is 0 Å². The number of benzene rings is 1. The zero-order valence-corrected chi connectivity index (χ0v) is 11.7. The quantitative estimate of drug-likeness (QED) is 0.858. The van der Waals surface area contributed by atoms with Crippen LogP contribution in [0.3, 0.4) is 0 Å². The summed E-state index contributed by atoms with van der Waals surface area (Å²) in [5.74, 6) is 0.913. The number of nitrogens with zero attached hydrogens (tertiary/aromatic N) is 1. The monoisotopic (exact) mass is 278 g/mol. The third kappa shape index (κ3) is 3.73. The topological polar surface area (TPSA) is 38.9 Å². The Labute approximate surface area is 117 Å². The minimum atomic E-state index is -0.0136. The average Bonchev–Trinajstić information content (AvgIpc) is 2.38. The molecule has 0 bridgehead atoms. The number of hydrogen-bond acceptors (Lipinski definition) is 3. The van der Waals surface area contributed by atoms with Gasteiger partial charge in [-0.2, -0.15) is 0 Å². The van der Waals surface area contributed by atoms with Gasteiger partial charge in [-0.1, -0.05) is 23.7 Å². The van der Waals surface area contributed by atoms with E-state index in [9.17, 15) is 0 Å². The number of nitrogens with two attached hydrogens (primary N) is 1. The SMILES string of the molecule is CC(N)c1ccc(SCc2ccc(Cl)cc2)cn1. The number of pyridine rings is 1. The van der Waals surface area contributed by atoms with Crippen LogP contribution in [0, 0.1) is 0 Å². The molecule has 0 amide bonds. The lowest BCUT2D eigenvalue weighted by molar-refractivity contribution is 0.777. The Hall–Kier alpha value is -1.03. The number of hydrogen-bond donors (Lipinski definition) is 1. The highest BCUT2D eigenvalue weighted by Gasteiger charge is 2.01. The molecule has 0 aliphatic heterocycles. The van der Waals surface area contributed by atoms with Crippen molar-refractivity contribution in [1.82, 2.24) is 4.98 Å². The van der Waals surface area contributed by atoms with Crippen LogP contribution in [0.5, 0.6) is 0 Å². The fourth-order valence-corrected chi connectivity index (χ4v) is 2.44. The molecule has 4 heteroatoms. The summed E-state index contributed by atoms with van der Waals surface area (Å²) < 4.78 is 0. The van der Waals surface area contributed by atoms with E-state index in [1.807, 2.05) is 43.5 Å². The van der Waals surface area contributed by atoms with Gasteiger partial charge in [0.25, 0.3) is 0 Å². The van der Waals surface area contributed by atoms with Crippen LogP contribution in [0.2, 0.25) is 5.02 Å². The van der Waals surface area contributed by atoms with Gasteiger partial charge in [-0.25, -0.2) is 0 Å². The summed E-state index contributed by atoms with van der Waals surface area (Å²) in [6.45, 7) is 1.93. The van der Waals surface area contributed by atoms with E-state index in [1.165, 1.54) is 5.56 Å². The van der Waals surface area contributed by atoms with Crippen LogP contribution in [-0.2, 0) is 5.75 Å². The molecule has 2 N–H and O–H groups in total. The highest BCUT2D eigenvalue weighted by Crippen LogP contribution is 2.23. The first-order chi connectivity index (χ1) is 8.65. The van der Waals surface area contributed by atoms with Crippen molar-refractivity contribution in [2.24, 2.45) is 5.73 Å². The maximum absolute atomic E-state index is 5.85. The second-order valence-electron chi connectivity index (χ2n) is 4.12. The average molecular weight is 279 g/mol. The fourth-order valence-electron chi connectivity index (χ4n) is 1.49. The van der Waals surface area contributed by atoms with Gasteiger partial charge in [0.2, 0.25) is 0 Å². The third-order valence-corrected chi connectivity index (χ3v) is 3.85. The van der Waals surface area contributed by atoms with Gasteiger partial charge >= 0.3 is 0 Å². The minimum Gasteiger partial charge on any atom is -0.323 e. The summed E-state index contributed by atoms with van der Waals surface area (Å²) in [5, 5.41) is 0.770. The molecule has 0 fully saturated rings. The van der Waals surface area contributed by atoms with Crippen molar-refractivity contribution in [1.29, 1.82) is 0 Å². The molecule has 1 aromatic carbocycles. The van der Waals surface area contributed by atoms with E-state index in [0.717, 1.165) is 21.4 Å². The molecule has 1 aromatic heterocycles. The first-order valence-electron chi connectivity index (χ1n) is 5.74. The summed E-state index contributed by atoms with van der Waals surface area (Å²) in [6.07, 6.45) is 1.87. The zero-order valence-electron chi connectivity index (χ0n) is 10.1. The highest BCUT2D eigenvalue weighted by molar-refractivity contribution is 7.98. The van der Waals surface area contributed by atoms with Crippen molar-refractivity contribution < 1.29 is 0 Å². The number of aromatic nitrogens is 1. The van der Waals surface area contributed by atoms with Gasteiger partial charge in [0.05, 0.1) is 5.69 Å². The van der Waals surface area contributed by atoms with Gasteiger partial charge in [-0.3, -0.25) is 4.98 Å². The molecule has 1 unspecified atom stereocenters. The van der Waals surface area contributed by atoms with Crippen LogP contribution in [0.25, 0.3) is 0 Å². The van der Waals surface area contributed by atoms with Gasteiger partial charge in [0.15, 0.2) is 0 Å². The van der Waals surface area contributed by atoms with Crippen molar-refractivity contribution in [3.8, 4) is 0 Å². The Morgan fingerprint density at radius 3 is 2.50 bits per heavy atom. The first-order valence-corrected chi connectivity index (χ1v) is 7.10. The number of rotatable bonds is 4. The van der Waals surface area contributed by atoms with Crippen LogP contribution < -0.4 is 5.73 Å². The van der Waals surface area contributed by atoms with Gasteiger partial charge in [-0.15, -0.1) is 11.8 Å². The van der Waals surface area contributed by atoms with Crippen molar-refractivity contribution in [3.05, 3.63) is 58.9 Å². The molecule has 2 aromatic rings. The molecule has 1 atom stereocenters. The summed E-state index contributed by atoms with van der Waals surface area (Å²) in [7, 11) is 0. The predicted molar refractivity (Wildman–Crippen MR) is 77.9 cm³/mol. The molecule has 18 heavy (non-hydrogen) atoms. The second kappa shape index (κ2) is 6.23. The Bertz CT molecular complexity index is 494. The summed E-state index contributed by atoms with van der Waals surface area (Å²) in [6, 6.07) is 11.9. The Kier molecular flexibility index (Phi) is 4.64. The summed E-state index contributed by atoms with van der Waals surface area (Å²) >= 11 is 7.60. The highest BCUT2D eigenvalue weighted by atomic mass is 35.5. The Morgan fingerprint density at radius 2 is 1.94 bits per heavy atom. The van der Waals surface area contributed by atoms with Crippen molar-refractivity contribution >= 4 is 23.4 Å². The maximum Gasteiger partial charge on any atom is 0.0569 e. The van der Waals surface area contributed by atoms with Gasteiger partial charge in [-0.05, 0) is 36.8 Å². The number of thioether (sulfide) groups is 1. The molecular weight excluding hydrogens is 264 g/mol. The van der Waals surface area contributed by atoms with E-state index in [2.05, 4.69) is 11.1 Å². The van der Waals surface area contributed by atoms with Crippen LogP contribution in [0.4, 0.5) is 0 Å². The normalized spacial score (nSPS) is 12.4. The molecule has 2 nitrogen and oxygen atoms in total. The number of halogens is 1. The fraction of sp³-hybridized carbons (Fsp3) is 0.214. The molecule has 0 aliphatic rings. The lowest BCUT2D eigenvalue weighted by Gasteiger charge is -2.06. The van der Waals surface area contributed by atoms with Gasteiger partial charge in [0, 0.05) is 27.9 Å². The molecule has 0 radical (unpaired) electrons. The van der Waals surface area contributed by atoms with Gasteiger partial charge < -0.3 is 5.73 Å². The second-order valence-corrected chi connectivity index (χ2v) is 5.61. The minimum absolute atomic E-state index is 0.0136. The van der Waals surface area contributed by atoms with Gasteiger partial charge in [0.1, 0.15) is 0 Å². The predicted octanol–water partition coefficient (Wildman–Crippen LogP) is 4.05. The van der Waals surface area contributed by atoms with Crippen LogP contribution in [0.1, 0.15) is 24.2 Å². The van der Waals surface area contributed by atoms with E-state index in [-0.39, 0.29) is 6.04 Å². The Morgan fingerprint density at radius 1 is 1.22 bits per heavy atom. The molecular formula is C14H15ClN2S. The standard InChI is InChI=1S/C14H15ClN2S/c1-10(16)14-7-6-13(8-17-14)18-9-11-2-4-12(15)5-3-11/h2-8,10H,9,16H2,1H3. The van der Waals surface area contributed by atoms with Crippen molar-refractivity contribution in [3.63, 3.8) is 0 Å². The van der Waals surface area contributed by atoms with E-state index >= 15 is 0 Å². The Balaban J connectivity index is 1.95. The molecule has 0 spiro atoms. The largest absolute Gasteiger partial charge is 0.323 e. The van der Waals surface area contributed by atoms with Crippen LogP contribution in [0.15, 0.2) is 47.5 Å². The van der Waals surface area contributed by atoms with Crippen molar-refractivity contribution in [2.75, 3.05) is 0 Å². The van der Waals surface area contributed by atoms with Crippen molar-refractivity contribution in [2.45, 2.75) is 23.6 Å². The molecule has 0 saturated heterocycles. The first kappa shape index (κ1) is 13.4. The zero-order chi connectivity index (χ0) is 13.0. The smallest absolute Gasteiger partial charge is 0.0569 e. The lowest BCUT2D eigenvalue weighted by Crippen LogP contribution is -2.06. The van der Waals surface area contributed by atoms with E-state index in [1.54, 1.807) is 11.8 Å². The maximum atomic E-state index is 5.85. The van der Waals surface area contributed by atoms with Crippen LogP contribution >= 0.6 is 23.4 Å². The van der Waals surface area contributed by atoms with E-state index in [4.69, 9.17) is 17.3 Å². The van der Waals surface area contributed by atoms with E-state index < -0.39 is 0 Å². The molecule has 94 valence electrons. The summed E-state index contributed by atoms with van der Waals surface area (Å²) in [4.78, 5) is 5.49. The molecule has 2 rings (SSSR count). The summed E-state index contributed by atoms with van der Waals surface area (Å²) in [5.41, 5.74) is 7.93. The van der Waals surface area contributed by atoms with Crippen LogP contribution in [-0.4, -0.2) is 4.98 Å².